The number of likely N-dealkylation sites (tertiary alicyclic amines) is 1. The summed E-state index contributed by atoms with van der Waals surface area (Å²) in [6.07, 6.45) is 1.05. The predicted molar refractivity (Wildman–Crippen MR) is 84.1 cm³/mol. The van der Waals surface area contributed by atoms with E-state index in [1.165, 1.54) is 0 Å². The van der Waals surface area contributed by atoms with Crippen LogP contribution in [0.1, 0.15) is 23.7 Å². The van der Waals surface area contributed by atoms with Gasteiger partial charge in [-0.15, -0.1) is 0 Å². The minimum absolute atomic E-state index is 0.208. The van der Waals surface area contributed by atoms with Crippen LogP contribution in [0.5, 0.6) is 0 Å². The number of hydrogen-bond acceptors (Lipinski definition) is 2. The van der Waals surface area contributed by atoms with Gasteiger partial charge in [0.25, 0.3) is 5.91 Å². The molecule has 2 fully saturated rings. The van der Waals surface area contributed by atoms with Gasteiger partial charge in [-0.05, 0) is 59.0 Å². The van der Waals surface area contributed by atoms with Gasteiger partial charge in [0.1, 0.15) is 0 Å². The minimum atomic E-state index is 0.208. The van der Waals surface area contributed by atoms with Gasteiger partial charge in [0.2, 0.25) is 0 Å². The van der Waals surface area contributed by atoms with Gasteiger partial charge in [0.15, 0.2) is 0 Å². The van der Waals surface area contributed by atoms with Crippen molar-refractivity contribution >= 4 is 28.5 Å². The summed E-state index contributed by atoms with van der Waals surface area (Å²) >= 11 is 2.26. The Morgan fingerprint density at radius 3 is 3.05 bits per heavy atom. The molecule has 2 heterocycles. The van der Waals surface area contributed by atoms with E-state index in [4.69, 9.17) is 0 Å². The van der Waals surface area contributed by atoms with Gasteiger partial charge >= 0.3 is 0 Å². The quantitative estimate of drug-likeness (QED) is 0.811. The number of amides is 1. The summed E-state index contributed by atoms with van der Waals surface area (Å²) in [5.41, 5.74) is 0.832. The number of hydrogen-bond donors (Lipinski definition) is 1. The van der Waals surface area contributed by atoms with Crippen LogP contribution < -0.4 is 5.32 Å². The first-order valence-electron chi connectivity index (χ1n) is 6.98. The summed E-state index contributed by atoms with van der Waals surface area (Å²) in [5.74, 6) is 1.51. The van der Waals surface area contributed by atoms with Crippen molar-refractivity contribution in [2.45, 2.75) is 19.4 Å². The lowest BCUT2D eigenvalue weighted by atomic mass is 9.93. The van der Waals surface area contributed by atoms with E-state index in [0.29, 0.717) is 17.9 Å². The van der Waals surface area contributed by atoms with E-state index in [1.807, 2.05) is 24.3 Å². The third-order valence-corrected chi connectivity index (χ3v) is 5.14. The van der Waals surface area contributed by atoms with Crippen molar-refractivity contribution in [1.82, 2.24) is 10.2 Å². The number of halogens is 1. The molecule has 2 saturated heterocycles. The standard InChI is InChI=1S/C15H19IN2O/c1-2-14-13-8-17-7-11(13)9-18(14)15(19)10-4-3-5-12(16)6-10/h3-6,11,13-14,17H,2,7-9H2,1H3. The number of benzene rings is 1. The fourth-order valence-electron chi connectivity index (χ4n) is 3.57. The maximum absolute atomic E-state index is 12.7. The average Bonchev–Trinajstić information content (AvgIpc) is 2.97. The lowest BCUT2D eigenvalue weighted by Crippen LogP contribution is -2.39. The summed E-state index contributed by atoms with van der Waals surface area (Å²) in [4.78, 5) is 14.8. The second-order valence-electron chi connectivity index (χ2n) is 5.53. The topological polar surface area (TPSA) is 32.3 Å². The molecule has 102 valence electrons. The largest absolute Gasteiger partial charge is 0.335 e. The van der Waals surface area contributed by atoms with Gasteiger partial charge in [-0.1, -0.05) is 13.0 Å². The molecule has 2 aliphatic heterocycles. The molecule has 0 spiro atoms. The number of carbonyl (C=O) groups is 1. The predicted octanol–water partition coefficient (Wildman–Crippen LogP) is 2.36. The second-order valence-corrected chi connectivity index (χ2v) is 6.77. The molecule has 19 heavy (non-hydrogen) atoms. The van der Waals surface area contributed by atoms with Crippen molar-refractivity contribution in [3.8, 4) is 0 Å². The Morgan fingerprint density at radius 2 is 2.32 bits per heavy atom. The van der Waals surface area contributed by atoms with Crippen LogP contribution in [0.2, 0.25) is 0 Å². The number of nitrogens with zero attached hydrogens (tertiary/aromatic N) is 1. The third kappa shape index (κ3) is 2.40. The number of fused-ring (bicyclic) bond motifs is 1. The van der Waals surface area contributed by atoms with Crippen LogP contribution in [0.25, 0.3) is 0 Å². The SMILES string of the molecule is CCC1C2CNCC2CN1C(=O)c1cccc(I)c1. The maximum atomic E-state index is 12.7. The fourth-order valence-corrected chi connectivity index (χ4v) is 4.11. The lowest BCUT2D eigenvalue weighted by molar-refractivity contribution is 0.0711. The molecule has 3 atom stereocenters. The highest BCUT2D eigenvalue weighted by molar-refractivity contribution is 14.1. The molecule has 0 saturated carbocycles. The number of nitrogens with one attached hydrogen (secondary N) is 1. The highest BCUT2D eigenvalue weighted by Crippen LogP contribution is 2.35. The Hall–Kier alpha value is -0.620. The zero-order valence-corrected chi connectivity index (χ0v) is 13.3. The van der Waals surface area contributed by atoms with Gasteiger partial charge in [-0.2, -0.15) is 0 Å². The molecule has 2 aliphatic rings. The molecule has 0 radical (unpaired) electrons. The average molecular weight is 370 g/mol. The van der Waals surface area contributed by atoms with E-state index >= 15 is 0 Å². The van der Waals surface area contributed by atoms with Crippen molar-refractivity contribution in [3.05, 3.63) is 33.4 Å². The van der Waals surface area contributed by atoms with Gasteiger partial charge in [0.05, 0.1) is 0 Å². The van der Waals surface area contributed by atoms with Crippen molar-refractivity contribution < 1.29 is 4.79 Å². The van der Waals surface area contributed by atoms with E-state index in [2.05, 4.69) is 39.7 Å². The first kappa shape index (κ1) is 13.4. The van der Waals surface area contributed by atoms with E-state index in [-0.39, 0.29) is 5.91 Å². The fraction of sp³-hybridized carbons (Fsp3) is 0.533. The van der Waals surface area contributed by atoms with Gasteiger partial charge in [-0.25, -0.2) is 0 Å². The smallest absolute Gasteiger partial charge is 0.254 e. The monoisotopic (exact) mass is 370 g/mol. The van der Waals surface area contributed by atoms with Crippen LogP contribution in [-0.2, 0) is 0 Å². The molecule has 1 N–H and O–H groups in total. The first-order chi connectivity index (χ1) is 9.20. The van der Waals surface area contributed by atoms with Crippen molar-refractivity contribution in [2.75, 3.05) is 19.6 Å². The van der Waals surface area contributed by atoms with Crippen molar-refractivity contribution in [2.24, 2.45) is 11.8 Å². The Morgan fingerprint density at radius 1 is 1.47 bits per heavy atom. The zero-order chi connectivity index (χ0) is 13.4. The van der Waals surface area contributed by atoms with Crippen LogP contribution >= 0.6 is 22.6 Å². The Bertz CT molecular complexity index is 491. The molecule has 1 amide bonds. The van der Waals surface area contributed by atoms with Gasteiger partial charge in [-0.3, -0.25) is 4.79 Å². The summed E-state index contributed by atoms with van der Waals surface area (Å²) in [6, 6.07) is 8.32. The molecule has 3 rings (SSSR count). The maximum Gasteiger partial charge on any atom is 0.254 e. The third-order valence-electron chi connectivity index (χ3n) is 4.47. The number of carbonyl (C=O) groups excluding carboxylic acids is 1. The normalized spacial score (nSPS) is 29.6. The van der Waals surface area contributed by atoms with Crippen LogP contribution in [0, 0.1) is 15.4 Å². The van der Waals surface area contributed by atoms with Gasteiger partial charge < -0.3 is 10.2 Å². The molecule has 4 heteroatoms. The Balaban J connectivity index is 1.84. The highest BCUT2D eigenvalue weighted by atomic mass is 127. The molecular weight excluding hydrogens is 351 g/mol. The molecular formula is C15H19IN2O. The summed E-state index contributed by atoms with van der Waals surface area (Å²) in [5, 5.41) is 3.46. The molecule has 0 aromatic heterocycles. The highest BCUT2D eigenvalue weighted by Gasteiger charge is 2.45. The summed E-state index contributed by atoms with van der Waals surface area (Å²) in [6.45, 7) is 5.25. The van der Waals surface area contributed by atoms with E-state index in [0.717, 1.165) is 35.2 Å². The van der Waals surface area contributed by atoms with Crippen LogP contribution in [0.4, 0.5) is 0 Å². The first-order valence-corrected chi connectivity index (χ1v) is 8.06. The molecule has 0 aliphatic carbocycles. The Labute approximate surface area is 127 Å². The molecule has 3 nitrogen and oxygen atoms in total. The second kappa shape index (κ2) is 5.40. The lowest BCUT2D eigenvalue weighted by Gasteiger charge is -2.27. The van der Waals surface area contributed by atoms with Crippen LogP contribution in [-0.4, -0.2) is 36.5 Å². The van der Waals surface area contributed by atoms with Crippen molar-refractivity contribution in [1.29, 1.82) is 0 Å². The molecule has 0 bridgehead atoms. The zero-order valence-electron chi connectivity index (χ0n) is 11.1. The van der Waals surface area contributed by atoms with Crippen LogP contribution in [0.15, 0.2) is 24.3 Å². The van der Waals surface area contributed by atoms with Crippen molar-refractivity contribution in [3.63, 3.8) is 0 Å². The van der Waals surface area contributed by atoms with E-state index in [1.54, 1.807) is 0 Å². The van der Waals surface area contributed by atoms with E-state index in [9.17, 15) is 4.79 Å². The minimum Gasteiger partial charge on any atom is -0.335 e. The summed E-state index contributed by atoms with van der Waals surface area (Å²) < 4.78 is 1.12. The number of rotatable bonds is 2. The van der Waals surface area contributed by atoms with Gasteiger partial charge in [0, 0.05) is 34.8 Å². The van der Waals surface area contributed by atoms with E-state index < -0.39 is 0 Å². The Kier molecular flexibility index (Phi) is 3.80. The molecule has 1 aromatic carbocycles. The summed E-state index contributed by atoms with van der Waals surface area (Å²) in [7, 11) is 0. The molecule has 1 aromatic rings. The van der Waals surface area contributed by atoms with Crippen LogP contribution in [0.3, 0.4) is 0 Å². The molecule has 3 unspecified atom stereocenters.